The summed E-state index contributed by atoms with van der Waals surface area (Å²) in [5.41, 5.74) is 2.88. The predicted molar refractivity (Wildman–Crippen MR) is 120 cm³/mol. The van der Waals surface area contributed by atoms with E-state index >= 15 is 0 Å². The lowest BCUT2D eigenvalue weighted by Gasteiger charge is -2.42. The van der Waals surface area contributed by atoms with Crippen molar-refractivity contribution in [1.82, 2.24) is 30.0 Å². The lowest BCUT2D eigenvalue weighted by atomic mass is 10.1. The first-order valence-corrected chi connectivity index (χ1v) is 10.7. The van der Waals surface area contributed by atoms with Crippen LogP contribution in [0.1, 0.15) is 0 Å². The monoisotopic (exact) mass is 479 g/mol. The Hall–Kier alpha value is -3.24. The van der Waals surface area contributed by atoms with E-state index in [1.807, 2.05) is 36.4 Å². The van der Waals surface area contributed by atoms with Crippen LogP contribution in [-0.2, 0) is 0 Å². The molecule has 0 radical (unpaired) electrons. The summed E-state index contributed by atoms with van der Waals surface area (Å²) in [4.78, 5) is 21.5. The SMILES string of the molecule is CN(C)C1CN(c2nc(On3nnc4ccccc43)c3c(cc(Br)c4ccoc43)n2)C1. The fraction of sp³-hybridized carbons (Fsp3) is 0.238. The average Bonchev–Trinajstić information content (AvgIpc) is 3.34. The molecule has 6 rings (SSSR count). The minimum atomic E-state index is 0.372. The Labute approximate surface area is 185 Å². The van der Waals surface area contributed by atoms with Crippen LogP contribution in [0.5, 0.6) is 5.88 Å². The molecule has 9 nitrogen and oxygen atoms in total. The quantitative estimate of drug-likeness (QED) is 0.387. The highest BCUT2D eigenvalue weighted by atomic mass is 79.9. The summed E-state index contributed by atoms with van der Waals surface area (Å²) < 4.78 is 6.70. The van der Waals surface area contributed by atoms with Gasteiger partial charge in [-0.05, 0) is 59.5 Å². The summed E-state index contributed by atoms with van der Waals surface area (Å²) in [7, 11) is 4.16. The first-order chi connectivity index (χ1) is 15.1. The Bertz CT molecular complexity index is 1440. The molecule has 0 atom stereocenters. The Morgan fingerprint density at radius 3 is 2.81 bits per heavy atom. The number of anilines is 1. The second kappa shape index (κ2) is 6.89. The molecule has 2 aromatic carbocycles. The van der Waals surface area contributed by atoms with Crippen molar-refractivity contribution in [2.45, 2.75) is 6.04 Å². The highest BCUT2D eigenvalue weighted by molar-refractivity contribution is 9.10. The van der Waals surface area contributed by atoms with Gasteiger partial charge in [0, 0.05) is 29.0 Å². The number of aromatic nitrogens is 5. The normalized spacial score (nSPS) is 14.8. The molecule has 156 valence electrons. The van der Waals surface area contributed by atoms with Crippen molar-refractivity contribution in [3.05, 3.63) is 47.1 Å². The smallest absolute Gasteiger partial charge is 0.265 e. The molecule has 0 spiro atoms. The third-order valence-corrected chi connectivity index (χ3v) is 6.33. The summed E-state index contributed by atoms with van der Waals surface area (Å²) in [6, 6.07) is 12.0. The first-order valence-electron chi connectivity index (χ1n) is 9.86. The largest absolute Gasteiger partial charge is 0.463 e. The molecule has 1 saturated heterocycles. The summed E-state index contributed by atoms with van der Waals surface area (Å²) in [5.74, 6) is 0.985. The molecule has 1 fully saturated rings. The molecule has 1 aliphatic rings. The number of furan rings is 1. The number of benzene rings is 2. The zero-order chi connectivity index (χ0) is 21.1. The van der Waals surface area contributed by atoms with Crippen LogP contribution in [-0.4, -0.2) is 63.3 Å². The first kappa shape index (κ1) is 18.5. The number of nitrogens with zero attached hydrogens (tertiary/aromatic N) is 7. The Morgan fingerprint density at radius 1 is 1.13 bits per heavy atom. The number of para-hydroxylation sites is 1. The van der Waals surface area contributed by atoms with Gasteiger partial charge in [-0.3, -0.25) is 0 Å². The van der Waals surface area contributed by atoms with Crippen molar-refractivity contribution in [1.29, 1.82) is 0 Å². The third-order valence-electron chi connectivity index (χ3n) is 5.67. The Balaban J connectivity index is 1.52. The van der Waals surface area contributed by atoms with Gasteiger partial charge >= 0.3 is 0 Å². The molecule has 1 aliphatic heterocycles. The molecule has 0 aliphatic carbocycles. The second-order valence-corrected chi connectivity index (χ2v) is 8.66. The second-order valence-electron chi connectivity index (χ2n) is 7.81. The van der Waals surface area contributed by atoms with Crippen molar-refractivity contribution in [3.63, 3.8) is 0 Å². The average molecular weight is 480 g/mol. The predicted octanol–water partition coefficient (Wildman–Crippen LogP) is 3.48. The molecular weight excluding hydrogens is 462 g/mol. The van der Waals surface area contributed by atoms with Gasteiger partial charge in [0.25, 0.3) is 5.88 Å². The Morgan fingerprint density at radius 2 is 1.97 bits per heavy atom. The molecule has 0 unspecified atom stereocenters. The molecule has 31 heavy (non-hydrogen) atoms. The van der Waals surface area contributed by atoms with E-state index in [0.29, 0.717) is 28.8 Å². The van der Waals surface area contributed by atoms with Crippen LogP contribution >= 0.6 is 15.9 Å². The van der Waals surface area contributed by atoms with E-state index in [1.165, 1.54) is 4.85 Å². The highest BCUT2D eigenvalue weighted by Gasteiger charge is 2.31. The van der Waals surface area contributed by atoms with Crippen molar-refractivity contribution < 1.29 is 9.25 Å². The van der Waals surface area contributed by atoms with E-state index in [9.17, 15) is 0 Å². The van der Waals surface area contributed by atoms with Crippen LogP contribution in [0.2, 0.25) is 0 Å². The van der Waals surface area contributed by atoms with Crippen molar-refractivity contribution in [3.8, 4) is 5.88 Å². The molecular formula is C21H18BrN7O2. The molecule has 0 saturated carbocycles. The standard InChI is InChI=1S/C21H18BrN7O2/c1-27(2)12-10-28(11-12)21-23-16-9-14(22)13-7-8-30-19(13)18(16)20(24-21)31-29-17-6-4-3-5-15(17)25-26-29/h3-9,12H,10-11H2,1-2H3. The van der Waals surface area contributed by atoms with E-state index < -0.39 is 0 Å². The fourth-order valence-corrected chi connectivity index (χ4v) is 4.33. The van der Waals surface area contributed by atoms with E-state index in [4.69, 9.17) is 19.2 Å². The van der Waals surface area contributed by atoms with Gasteiger partial charge in [-0.25, -0.2) is 4.98 Å². The molecule has 0 bridgehead atoms. The molecule has 3 aromatic heterocycles. The van der Waals surface area contributed by atoms with E-state index in [2.05, 4.69) is 50.1 Å². The van der Waals surface area contributed by atoms with Gasteiger partial charge in [0.15, 0.2) is 0 Å². The zero-order valence-corrected chi connectivity index (χ0v) is 18.4. The van der Waals surface area contributed by atoms with Crippen LogP contribution in [0, 0.1) is 0 Å². The summed E-state index contributed by atoms with van der Waals surface area (Å²) in [6.45, 7) is 1.71. The van der Waals surface area contributed by atoms with Gasteiger partial charge in [-0.1, -0.05) is 17.0 Å². The molecule has 10 heteroatoms. The molecule has 4 heterocycles. The van der Waals surface area contributed by atoms with Crippen LogP contribution in [0.3, 0.4) is 0 Å². The summed E-state index contributed by atoms with van der Waals surface area (Å²) >= 11 is 3.63. The lowest BCUT2D eigenvalue weighted by molar-refractivity contribution is 0.178. The molecule has 0 N–H and O–H groups in total. The molecule has 5 aromatic rings. The summed E-state index contributed by atoms with van der Waals surface area (Å²) in [5, 5.41) is 9.94. The minimum absolute atomic E-state index is 0.372. The maximum absolute atomic E-state index is 6.18. The number of hydrogen-bond acceptors (Lipinski definition) is 8. The van der Waals surface area contributed by atoms with Crippen molar-refractivity contribution in [2.24, 2.45) is 0 Å². The van der Waals surface area contributed by atoms with E-state index in [-0.39, 0.29) is 0 Å². The lowest BCUT2D eigenvalue weighted by Crippen LogP contribution is -2.58. The third kappa shape index (κ3) is 2.94. The van der Waals surface area contributed by atoms with Gasteiger partial charge in [0.05, 0.1) is 11.8 Å². The maximum atomic E-state index is 6.18. The highest BCUT2D eigenvalue weighted by Crippen LogP contribution is 2.38. The number of likely N-dealkylation sites (N-methyl/N-ethyl adjacent to an activating group) is 1. The fourth-order valence-electron chi connectivity index (χ4n) is 3.80. The number of hydrogen-bond donors (Lipinski definition) is 0. The van der Waals surface area contributed by atoms with Gasteiger partial charge in [-0.2, -0.15) is 4.98 Å². The molecule has 0 amide bonds. The summed E-state index contributed by atoms with van der Waals surface area (Å²) in [6.07, 6.45) is 1.65. The number of rotatable bonds is 4. The maximum Gasteiger partial charge on any atom is 0.265 e. The number of fused-ring (bicyclic) bond motifs is 4. The Kier molecular flexibility index (Phi) is 4.12. The number of halogens is 1. The van der Waals surface area contributed by atoms with E-state index in [1.54, 1.807) is 6.26 Å². The van der Waals surface area contributed by atoms with Gasteiger partial charge in [0.2, 0.25) is 5.95 Å². The van der Waals surface area contributed by atoms with Crippen LogP contribution in [0.15, 0.2) is 51.6 Å². The van der Waals surface area contributed by atoms with Crippen LogP contribution in [0.25, 0.3) is 32.9 Å². The minimum Gasteiger partial charge on any atom is -0.463 e. The van der Waals surface area contributed by atoms with Gasteiger partial charge in [0.1, 0.15) is 22.0 Å². The van der Waals surface area contributed by atoms with Crippen LogP contribution in [0.4, 0.5) is 5.95 Å². The van der Waals surface area contributed by atoms with Crippen LogP contribution < -0.4 is 9.74 Å². The van der Waals surface area contributed by atoms with Crippen molar-refractivity contribution >= 4 is 54.8 Å². The van der Waals surface area contributed by atoms with Crippen molar-refractivity contribution in [2.75, 3.05) is 32.1 Å². The topological polar surface area (TPSA) is 85.3 Å². The zero-order valence-electron chi connectivity index (χ0n) is 16.9. The van der Waals surface area contributed by atoms with Gasteiger partial charge < -0.3 is 19.1 Å². The van der Waals surface area contributed by atoms with E-state index in [0.717, 1.165) is 39.5 Å². The van der Waals surface area contributed by atoms with Gasteiger partial charge in [-0.15, -0.1) is 5.10 Å².